The number of pyridine rings is 1. The van der Waals surface area contributed by atoms with Crippen LogP contribution >= 0.6 is 11.6 Å². The molecule has 1 aliphatic heterocycles. The van der Waals surface area contributed by atoms with E-state index in [1.807, 2.05) is 42.5 Å². The number of halogens is 1. The predicted molar refractivity (Wildman–Crippen MR) is 106 cm³/mol. The first kappa shape index (κ1) is 18.9. The summed E-state index contributed by atoms with van der Waals surface area (Å²) in [5.41, 5.74) is 2.96. The molecule has 1 aromatic carbocycles. The summed E-state index contributed by atoms with van der Waals surface area (Å²) < 4.78 is 0. The fourth-order valence-electron chi connectivity index (χ4n) is 4.01. The molecular formula is C22H23ClN2O3. The van der Waals surface area contributed by atoms with Crippen molar-refractivity contribution in [1.29, 1.82) is 0 Å². The number of carbonyl (C=O) groups is 2. The van der Waals surface area contributed by atoms with Crippen molar-refractivity contribution >= 4 is 23.5 Å². The van der Waals surface area contributed by atoms with Crippen LogP contribution in [-0.4, -0.2) is 26.9 Å². The van der Waals surface area contributed by atoms with E-state index in [0.29, 0.717) is 23.9 Å². The van der Waals surface area contributed by atoms with Crippen LogP contribution in [0.5, 0.6) is 0 Å². The summed E-state index contributed by atoms with van der Waals surface area (Å²) in [5, 5.41) is 9.83. The molecule has 1 aromatic heterocycles. The van der Waals surface area contributed by atoms with E-state index in [1.54, 1.807) is 4.90 Å². The van der Waals surface area contributed by atoms with Crippen LogP contribution in [0.15, 0.2) is 42.5 Å². The minimum atomic E-state index is -0.933. The van der Waals surface area contributed by atoms with Crippen LogP contribution in [0.25, 0.3) is 0 Å². The highest BCUT2D eigenvalue weighted by molar-refractivity contribution is 6.30. The molecule has 1 aliphatic carbocycles. The lowest BCUT2D eigenvalue weighted by Gasteiger charge is -2.39. The van der Waals surface area contributed by atoms with Gasteiger partial charge in [-0.3, -0.25) is 14.6 Å². The average Bonchev–Trinajstić information content (AvgIpc) is 3.51. The zero-order valence-electron chi connectivity index (χ0n) is 15.6. The molecular weight excluding hydrogens is 376 g/mol. The molecule has 1 saturated carbocycles. The lowest BCUT2D eigenvalue weighted by atomic mass is 9.86. The van der Waals surface area contributed by atoms with E-state index < -0.39 is 11.9 Å². The van der Waals surface area contributed by atoms with Crippen LogP contribution in [0.1, 0.15) is 61.0 Å². The molecule has 2 atom stereocenters. The molecule has 0 bridgehead atoms. The molecule has 146 valence electrons. The van der Waals surface area contributed by atoms with Crippen molar-refractivity contribution < 1.29 is 14.7 Å². The van der Waals surface area contributed by atoms with Crippen molar-refractivity contribution in [3.05, 3.63) is 64.4 Å². The maximum absolute atomic E-state index is 13.2. The van der Waals surface area contributed by atoms with Gasteiger partial charge in [-0.1, -0.05) is 29.8 Å². The van der Waals surface area contributed by atoms with Gasteiger partial charge in [-0.05, 0) is 55.5 Å². The molecule has 2 unspecified atom stereocenters. The predicted octanol–water partition coefficient (Wildman–Crippen LogP) is 4.57. The number of aliphatic carboxylic acids is 1. The van der Waals surface area contributed by atoms with E-state index in [-0.39, 0.29) is 18.4 Å². The Hall–Kier alpha value is -2.40. The summed E-state index contributed by atoms with van der Waals surface area (Å²) in [6, 6.07) is 13.4. The summed E-state index contributed by atoms with van der Waals surface area (Å²) >= 11 is 6.02. The zero-order valence-corrected chi connectivity index (χ0v) is 16.3. The number of carbonyl (C=O) groups excluding carboxylic acids is 1. The Kier molecular flexibility index (Phi) is 5.36. The summed E-state index contributed by atoms with van der Waals surface area (Å²) in [5.74, 6) is -0.971. The Morgan fingerprint density at radius 1 is 1.11 bits per heavy atom. The molecule has 1 saturated heterocycles. The van der Waals surface area contributed by atoms with Gasteiger partial charge in [0, 0.05) is 22.6 Å². The lowest BCUT2D eigenvalue weighted by molar-refractivity contribution is -0.149. The van der Waals surface area contributed by atoms with Crippen molar-refractivity contribution in [3.8, 4) is 0 Å². The van der Waals surface area contributed by atoms with Gasteiger partial charge in [0.15, 0.2) is 0 Å². The van der Waals surface area contributed by atoms with Crippen LogP contribution < -0.4 is 0 Å². The second-order valence-corrected chi connectivity index (χ2v) is 8.17. The Balaban J connectivity index is 1.61. The fourth-order valence-corrected chi connectivity index (χ4v) is 4.14. The number of hydrogen-bond acceptors (Lipinski definition) is 3. The van der Waals surface area contributed by atoms with Crippen LogP contribution in [0.2, 0.25) is 5.02 Å². The van der Waals surface area contributed by atoms with Crippen molar-refractivity contribution in [1.82, 2.24) is 9.88 Å². The van der Waals surface area contributed by atoms with E-state index in [0.717, 1.165) is 23.4 Å². The van der Waals surface area contributed by atoms with Crippen LogP contribution in [-0.2, 0) is 16.1 Å². The van der Waals surface area contributed by atoms with Crippen molar-refractivity contribution in [3.63, 3.8) is 0 Å². The molecule has 2 aromatic rings. The Morgan fingerprint density at radius 3 is 2.54 bits per heavy atom. The van der Waals surface area contributed by atoms with Gasteiger partial charge in [-0.25, -0.2) is 0 Å². The first-order valence-electron chi connectivity index (χ1n) is 9.75. The second kappa shape index (κ2) is 7.92. The summed E-state index contributed by atoms with van der Waals surface area (Å²) in [7, 11) is 0. The number of benzene rings is 1. The largest absolute Gasteiger partial charge is 0.481 e. The monoisotopic (exact) mass is 398 g/mol. The molecule has 2 fully saturated rings. The third-order valence-corrected chi connectivity index (χ3v) is 5.88. The van der Waals surface area contributed by atoms with Crippen molar-refractivity contribution in [2.75, 3.05) is 0 Å². The van der Waals surface area contributed by atoms with Crippen LogP contribution in [0.3, 0.4) is 0 Å². The number of amides is 1. The molecule has 2 heterocycles. The fraction of sp³-hybridized carbons (Fsp3) is 0.409. The van der Waals surface area contributed by atoms with Crippen LogP contribution in [0, 0.1) is 5.92 Å². The zero-order chi connectivity index (χ0) is 19.7. The third kappa shape index (κ3) is 4.20. The van der Waals surface area contributed by atoms with Crippen LogP contribution in [0.4, 0.5) is 0 Å². The van der Waals surface area contributed by atoms with Gasteiger partial charge in [0.05, 0.1) is 24.7 Å². The van der Waals surface area contributed by atoms with Gasteiger partial charge >= 0.3 is 5.97 Å². The lowest BCUT2D eigenvalue weighted by Crippen LogP contribution is -2.43. The first-order chi connectivity index (χ1) is 13.5. The van der Waals surface area contributed by atoms with Gasteiger partial charge in [-0.2, -0.15) is 0 Å². The molecule has 2 aliphatic rings. The van der Waals surface area contributed by atoms with E-state index in [9.17, 15) is 14.7 Å². The van der Waals surface area contributed by atoms with Gasteiger partial charge in [0.25, 0.3) is 0 Å². The van der Waals surface area contributed by atoms with E-state index in [2.05, 4.69) is 0 Å². The Labute approximate surface area is 169 Å². The Morgan fingerprint density at radius 2 is 1.86 bits per heavy atom. The maximum atomic E-state index is 13.2. The number of rotatable bonds is 6. The summed E-state index contributed by atoms with van der Waals surface area (Å²) in [4.78, 5) is 30.9. The maximum Gasteiger partial charge on any atom is 0.304 e. The molecule has 5 nitrogen and oxygen atoms in total. The van der Waals surface area contributed by atoms with E-state index >= 15 is 0 Å². The highest BCUT2D eigenvalue weighted by Crippen LogP contribution is 2.40. The molecule has 4 rings (SSSR count). The van der Waals surface area contributed by atoms with Crippen molar-refractivity contribution in [2.45, 2.75) is 50.6 Å². The second-order valence-electron chi connectivity index (χ2n) is 7.73. The van der Waals surface area contributed by atoms with Gasteiger partial charge < -0.3 is 10.0 Å². The minimum absolute atomic E-state index is 0.0961. The smallest absolute Gasteiger partial charge is 0.304 e. The average molecular weight is 399 g/mol. The normalized spacial score (nSPS) is 22.3. The SMILES string of the molecule is O=C(O)CC1CCC(c2ccc(Cl)cc2)N(Cc2cccc(C3CC3)n2)C1=O. The molecule has 0 spiro atoms. The third-order valence-electron chi connectivity index (χ3n) is 5.63. The van der Waals surface area contributed by atoms with Gasteiger partial charge in [-0.15, -0.1) is 0 Å². The standard InChI is InChI=1S/C22H23ClN2O3/c23-17-9-6-15(7-10-17)20-11-8-16(12-21(26)27)22(28)25(20)13-18-2-1-3-19(24-18)14-4-5-14/h1-3,6-7,9-10,14,16,20H,4-5,8,11-13H2,(H,26,27). The highest BCUT2D eigenvalue weighted by Gasteiger charge is 2.37. The number of hydrogen-bond donors (Lipinski definition) is 1. The number of carboxylic acids is 1. The number of piperidine rings is 1. The van der Waals surface area contributed by atoms with Gasteiger partial charge in [0.2, 0.25) is 5.91 Å². The number of likely N-dealkylation sites (tertiary alicyclic amines) is 1. The van der Waals surface area contributed by atoms with Gasteiger partial charge in [0.1, 0.15) is 0 Å². The number of carboxylic acid groups (broad SMARTS) is 1. The topological polar surface area (TPSA) is 70.5 Å². The quantitative estimate of drug-likeness (QED) is 0.773. The first-order valence-corrected chi connectivity index (χ1v) is 10.1. The molecule has 1 amide bonds. The highest BCUT2D eigenvalue weighted by atomic mass is 35.5. The minimum Gasteiger partial charge on any atom is -0.481 e. The number of aromatic nitrogens is 1. The van der Waals surface area contributed by atoms with E-state index in [4.69, 9.17) is 16.6 Å². The Bertz CT molecular complexity index is 880. The molecule has 6 heteroatoms. The summed E-state index contributed by atoms with van der Waals surface area (Å²) in [6.45, 7) is 0.392. The van der Waals surface area contributed by atoms with E-state index in [1.165, 1.54) is 12.8 Å². The molecule has 1 N–H and O–H groups in total. The van der Waals surface area contributed by atoms with Crippen molar-refractivity contribution in [2.24, 2.45) is 5.92 Å². The number of nitrogens with zero attached hydrogens (tertiary/aromatic N) is 2. The molecule has 28 heavy (non-hydrogen) atoms. The molecule has 0 radical (unpaired) electrons. The summed E-state index contributed by atoms with van der Waals surface area (Å²) in [6.07, 6.45) is 3.52.